The number of aryl methyl sites for hydroxylation is 3. The molecule has 0 fully saturated rings. The fourth-order valence-corrected chi connectivity index (χ4v) is 3.16. The quantitative estimate of drug-likeness (QED) is 0.375. The van der Waals surface area contributed by atoms with Gasteiger partial charge in [-0.3, -0.25) is 0 Å². The molecule has 0 saturated heterocycles. The van der Waals surface area contributed by atoms with Gasteiger partial charge in [0.1, 0.15) is 0 Å². The van der Waals surface area contributed by atoms with Crippen molar-refractivity contribution < 1.29 is 51.0 Å². The van der Waals surface area contributed by atoms with E-state index in [0.717, 1.165) is 0 Å². The number of hydrogen-bond acceptors (Lipinski definition) is 0. The zero-order valence-electron chi connectivity index (χ0n) is 16.0. The average molecular weight is 478 g/mol. The van der Waals surface area contributed by atoms with Crippen LogP contribution in [0.1, 0.15) is 30.2 Å². The third kappa shape index (κ3) is 6.79. The predicted molar refractivity (Wildman–Crippen MR) is 104 cm³/mol. The monoisotopic (exact) mass is 475 g/mol. The van der Waals surface area contributed by atoms with E-state index in [0.29, 0.717) is 0 Å². The molecular formula is C23H25Cl2NZr. The molecule has 0 saturated carbocycles. The molecule has 0 spiro atoms. The summed E-state index contributed by atoms with van der Waals surface area (Å²) in [5, 5.41) is 2.62. The van der Waals surface area contributed by atoms with Crippen molar-refractivity contribution in [1.29, 1.82) is 0 Å². The smallest absolute Gasteiger partial charge is 1.00 e. The standard InChI is InChI=1S/C15H14N.C8H11.2ClH.Zr/c1-11-7-12(2)16(10-11)15-8-13-5-3-4-6-14(13)9-15;1-2-5-8-6-3-4-7-8;;;/h3-10H,1-2H3;3-4,6-7H,2,5H2,1H3;2*1H;/q2*-1;;;+4/p-2. The van der Waals surface area contributed by atoms with Crippen molar-refractivity contribution in [1.82, 2.24) is 4.57 Å². The van der Waals surface area contributed by atoms with Gasteiger partial charge in [0.15, 0.2) is 0 Å². The van der Waals surface area contributed by atoms with Gasteiger partial charge in [-0.1, -0.05) is 25.8 Å². The average Bonchev–Trinajstić information content (AvgIpc) is 3.27. The van der Waals surface area contributed by atoms with Gasteiger partial charge in [0, 0.05) is 11.9 Å². The van der Waals surface area contributed by atoms with Gasteiger partial charge < -0.3 is 29.4 Å². The summed E-state index contributed by atoms with van der Waals surface area (Å²) in [6.45, 7) is 6.48. The molecule has 0 aliphatic rings. The third-order valence-corrected chi connectivity index (χ3v) is 4.30. The normalized spacial score (nSPS) is 9.44. The Bertz CT molecular complexity index is 871. The van der Waals surface area contributed by atoms with E-state index >= 15 is 0 Å². The Hall–Kier alpha value is -1.08. The zero-order chi connectivity index (χ0) is 16.9. The van der Waals surface area contributed by atoms with Crippen molar-refractivity contribution in [2.24, 2.45) is 0 Å². The second kappa shape index (κ2) is 12.4. The minimum absolute atomic E-state index is 0. The molecule has 27 heavy (non-hydrogen) atoms. The van der Waals surface area contributed by atoms with E-state index in [-0.39, 0.29) is 51.0 Å². The topological polar surface area (TPSA) is 4.93 Å². The summed E-state index contributed by atoms with van der Waals surface area (Å²) in [5.41, 5.74) is 5.31. The number of aromatic nitrogens is 1. The number of benzene rings is 1. The van der Waals surface area contributed by atoms with Gasteiger partial charge in [0.05, 0.1) is 0 Å². The van der Waals surface area contributed by atoms with E-state index in [1.807, 2.05) is 0 Å². The first-order valence-electron chi connectivity index (χ1n) is 8.69. The molecule has 0 N–H and O–H groups in total. The SMILES string of the molecule is CCC[c-]1cccc1.Cc1cc(C)n(-c2cc3ccccc3[cH-]2)c1.[Cl-].[Cl-].[Zr+4]. The summed E-state index contributed by atoms with van der Waals surface area (Å²) < 4.78 is 2.25. The maximum Gasteiger partial charge on any atom is 4.00 e. The van der Waals surface area contributed by atoms with Crippen molar-refractivity contribution in [2.75, 3.05) is 0 Å². The molecule has 0 amide bonds. The molecule has 0 radical (unpaired) electrons. The molecule has 0 aliphatic carbocycles. The Morgan fingerprint density at radius 2 is 1.63 bits per heavy atom. The molecule has 4 heteroatoms. The van der Waals surface area contributed by atoms with Crippen LogP contribution in [0.25, 0.3) is 16.5 Å². The van der Waals surface area contributed by atoms with Crippen molar-refractivity contribution >= 4 is 10.8 Å². The van der Waals surface area contributed by atoms with E-state index in [1.54, 1.807) is 0 Å². The number of rotatable bonds is 3. The molecule has 0 atom stereocenters. The Kier molecular flexibility index (Phi) is 11.9. The van der Waals surface area contributed by atoms with Crippen molar-refractivity contribution in [3.05, 3.63) is 89.7 Å². The summed E-state index contributed by atoms with van der Waals surface area (Å²) in [4.78, 5) is 0. The van der Waals surface area contributed by atoms with E-state index in [4.69, 9.17) is 0 Å². The van der Waals surface area contributed by atoms with Gasteiger partial charge >= 0.3 is 26.2 Å². The fourth-order valence-electron chi connectivity index (χ4n) is 3.16. The number of fused-ring (bicyclic) bond motifs is 1. The molecule has 1 heterocycles. The summed E-state index contributed by atoms with van der Waals surface area (Å²) in [6.07, 6.45) is 4.67. The third-order valence-electron chi connectivity index (χ3n) is 4.30. The molecule has 1 aromatic heterocycles. The molecule has 1 nitrogen and oxygen atoms in total. The van der Waals surface area contributed by atoms with Crippen LogP contribution in [0.2, 0.25) is 0 Å². The first kappa shape index (κ1) is 25.9. The molecular weight excluding hydrogens is 452 g/mol. The first-order valence-corrected chi connectivity index (χ1v) is 8.69. The van der Waals surface area contributed by atoms with Crippen LogP contribution in [0.5, 0.6) is 0 Å². The Balaban J connectivity index is 0.000000535. The van der Waals surface area contributed by atoms with Gasteiger partial charge in [0.25, 0.3) is 0 Å². The van der Waals surface area contributed by atoms with Gasteiger partial charge in [-0.2, -0.15) is 17.7 Å². The van der Waals surface area contributed by atoms with E-state index in [9.17, 15) is 0 Å². The Morgan fingerprint density at radius 3 is 2.19 bits per heavy atom. The molecule has 4 rings (SSSR count). The van der Waals surface area contributed by atoms with E-state index < -0.39 is 0 Å². The number of hydrogen-bond donors (Lipinski definition) is 0. The van der Waals surface area contributed by atoms with Crippen LogP contribution in [0.4, 0.5) is 0 Å². The minimum atomic E-state index is 0. The van der Waals surface area contributed by atoms with Crippen molar-refractivity contribution in [3.8, 4) is 5.69 Å². The van der Waals surface area contributed by atoms with Crippen LogP contribution >= 0.6 is 0 Å². The second-order valence-corrected chi connectivity index (χ2v) is 6.41. The molecule has 4 aromatic rings. The van der Waals surface area contributed by atoms with Gasteiger partial charge in [-0.25, -0.2) is 12.1 Å². The summed E-state index contributed by atoms with van der Waals surface area (Å²) in [6, 6.07) is 23.7. The van der Waals surface area contributed by atoms with Crippen LogP contribution < -0.4 is 24.8 Å². The van der Waals surface area contributed by atoms with Crippen LogP contribution in [-0.2, 0) is 32.6 Å². The van der Waals surface area contributed by atoms with Crippen molar-refractivity contribution in [3.63, 3.8) is 0 Å². The fraction of sp³-hybridized carbons (Fsp3) is 0.217. The first-order chi connectivity index (χ1) is 11.7. The van der Waals surface area contributed by atoms with E-state index in [2.05, 4.69) is 98.3 Å². The predicted octanol–water partition coefficient (Wildman–Crippen LogP) is 0.330. The number of halogens is 2. The number of nitrogens with zero attached hydrogens (tertiary/aromatic N) is 1. The maximum absolute atomic E-state index is 2.25. The minimum Gasteiger partial charge on any atom is -1.00 e. The van der Waals surface area contributed by atoms with Crippen LogP contribution in [0.3, 0.4) is 0 Å². The maximum atomic E-state index is 2.25. The van der Waals surface area contributed by atoms with Crippen LogP contribution in [0.15, 0.2) is 72.9 Å². The van der Waals surface area contributed by atoms with E-state index in [1.165, 1.54) is 46.1 Å². The van der Waals surface area contributed by atoms with Crippen LogP contribution in [0, 0.1) is 13.8 Å². The van der Waals surface area contributed by atoms with Gasteiger partial charge in [-0.15, -0.1) is 41.1 Å². The zero-order valence-corrected chi connectivity index (χ0v) is 20.0. The molecule has 0 bridgehead atoms. The summed E-state index contributed by atoms with van der Waals surface area (Å²) in [5.74, 6) is 0. The molecule has 0 aliphatic heterocycles. The Morgan fingerprint density at radius 1 is 0.963 bits per heavy atom. The molecule has 140 valence electrons. The molecule has 3 aromatic carbocycles. The summed E-state index contributed by atoms with van der Waals surface area (Å²) in [7, 11) is 0. The second-order valence-electron chi connectivity index (χ2n) is 6.41. The van der Waals surface area contributed by atoms with Crippen LogP contribution in [-0.4, -0.2) is 4.57 Å². The van der Waals surface area contributed by atoms with Gasteiger partial charge in [-0.05, 0) is 31.2 Å². The van der Waals surface area contributed by atoms with Crippen molar-refractivity contribution in [2.45, 2.75) is 33.6 Å². The van der Waals surface area contributed by atoms with Gasteiger partial charge in [0.2, 0.25) is 0 Å². The Labute approximate surface area is 194 Å². The summed E-state index contributed by atoms with van der Waals surface area (Å²) >= 11 is 0. The largest absolute Gasteiger partial charge is 4.00 e. The molecule has 0 unspecified atom stereocenters.